The number of alkyl halides is 3. The van der Waals surface area contributed by atoms with E-state index in [-0.39, 0.29) is 12.7 Å². The molecule has 3 rings (SSSR count). The molecule has 1 amide bonds. The number of hydrogen-bond donors (Lipinski definition) is 1. The number of benzene rings is 3. The van der Waals surface area contributed by atoms with E-state index in [0.717, 1.165) is 81.6 Å². The van der Waals surface area contributed by atoms with E-state index in [1.807, 2.05) is 24.3 Å². The van der Waals surface area contributed by atoms with Crippen LogP contribution in [0.1, 0.15) is 95.5 Å². The molecule has 0 aliphatic heterocycles. The smallest absolute Gasteiger partial charge is 0.407 e. The number of fused-ring (bicyclic) bond motifs is 2. The fourth-order valence-electron chi connectivity index (χ4n) is 6.23. The predicted octanol–water partition coefficient (Wildman–Crippen LogP) is 11.4. The second-order valence-electron chi connectivity index (χ2n) is 11.7. The van der Waals surface area contributed by atoms with Crippen LogP contribution in [-0.4, -0.2) is 34.4 Å². The standard InChI is InChI=1S/C36H48Br3NO3/c37-23-10-19-36(20-11-24-38,21-12-25-39)22-18-31(41)15-4-2-1-3-9-26-40-35(42)43-28-34-32-16-7-5-13-29(32)27-30-14-6-8-17-33(30)34/h5-8,13-14,16-17,27H,1-4,9-12,15,18-26,28H2,(H,40,42). The Balaban J connectivity index is 1.31. The first-order valence-electron chi connectivity index (χ1n) is 16.0. The molecule has 0 aliphatic carbocycles. The van der Waals surface area contributed by atoms with Crippen molar-refractivity contribution in [3.05, 3.63) is 60.2 Å². The molecule has 0 aromatic heterocycles. The van der Waals surface area contributed by atoms with Crippen LogP contribution >= 0.6 is 47.8 Å². The molecule has 0 atom stereocenters. The van der Waals surface area contributed by atoms with Gasteiger partial charge in [0.2, 0.25) is 0 Å². The van der Waals surface area contributed by atoms with Crippen molar-refractivity contribution in [3.63, 3.8) is 0 Å². The van der Waals surface area contributed by atoms with E-state index in [4.69, 9.17) is 4.74 Å². The Bertz CT molecular complexity index is 1190. The summed E-state index contributed by atoms with van der Waals surface area (Å²) in [6.07, 6.45) is 14.2. The molecule has 0 aliphatic rings. The number of rotatable bonds is 22. The largest absolute Gasteiger partial charge is 0.445 e. The van der Waals surface area contributed by atoms with Crippen LogP contribution < -0.4 is 5.32 Å². The fourth-order valence-corrected chi connectivity index (χ4v) is 7.07. The number of alkyl carbamates (subject to hydrolysis) is 1. The molecule has 0 radical (unpaired) electrons. The zero-order valence-electron chi connectivity index (χ0n) is 25.5. The molecular weight excluding hydrogens is 734 g/mol. The van der Waals surface area contributed by atoms with E-state index in [9.17, 15) is 9.59 Å². The van der Waals surface area contributed by atoms with Gasteiger partial charge < -0.3 is 10.1 Å². The first-order valence-corrected chi connectivity index (χ1v) is 19.4. The lowest BCUT2D eigenvalue weighted by atomic mass is 9.72. The number of unbranched alkanes of at least 4 members (excludes halogenated alkanes) is 4. The average Bonchev–Trinajstić information content (AvgIpc) is 3.03. The third-order valence-electron chi connectivity index (χ3n) is 8.59. The first-order chi connectivity index (χ1) is 21.0. The van der Waals surface area contributed by atoms with Gasteiger partial charge in [0, 0.05) is 40.9 Å². The second kappa shape index (κ2) is 20.6. The maximum Gasteiger partial charge on any atom is 0.407 e. The molecule has 0 spiro atoms. The number of amides is 1. The van der Waals surface area contributed by atoms with E-state index in [1.54, 1.807) is 0 Å². The van der Waals surface area contributed by atoms with Crippen molar-refractivity contribution < 1.29 is 14.3 Å². The van der Waals surface area contributed by atoms with Crippen LogP contribution in [0.2, 0.25) is 0 Å². The zero-order chi connectivity index (χ0) is 30.8. The minimum absolute atomic E-state index is 0.242. The van der Waals surface area contributed by atoms with Crippen molar-refractivity contribution in [2.45, 2.75) is 96.5 Å². The summed E-state index contributed by atoms with van der Waals surface area (Å²) < 4.78 is 5.63. The molecular formula is C36H48Br3NO3. The molecule has 0 heterocycles. The van der Waals surface area contributed by atoms with Gasteiger partial charge in [-0.2, -0.15) is 0 Å². The highest BCUT2D eigenvalue weighted by molar-refractivity contribution is 9.09. The predicted molar refractivity (Wildman–Crippen MR) is 193 cm³/mol. The highest BCUT2D eigenvalue weighted by Gasteiger charge is 2.29. The average molecular weight is 782 g/mol. The fraction of sp³-hybridized carbons (Fsp3) is 0.556. The van der Waals surface area contributed by atoms with Gasteiger partial charge in [-0.3, -0.25) is 4.79 Å². The molecule has 0 fully saturated rings. The SMILES string of the molecule is O=C(CCCCCCCNC(=O)OCc1c2ccccc2cc2ccccc12)CCC(CCCBr)(CCCBr)CCCBr. The van der Waals surface area contributed by atoms with Crippen LogP contribution in [0.25, 0.3) is 21.5 Å². The Morgan fingerprint density at radius 1 is 0.651 bits per heavy atom. The number of hydrogen-bond acceptors (Lipinski definition) is 3. The molecule has 0 bridgehead atoms. The number of Topliss-reactive ketones (excluding diaryl/α,β-unsaturated/α-hetero) is 1. The van der Waals surface area contributed by atoms with Crippen LogP contribution in [0, 0.1) is 5.41 Å². The van der Waals surface area contributed by atoms with Gasteiger partial charge in [-0.05, 0) is 90.8 Å². The molecule has 43 heavy (non-hydrogen) atoms. The molecule has 0 saturated heterocycles. The Labute approximate surface area is 283 Å². The number of carbonyl (C=O) groups is 2. The van der Waals surface area contributed by atoms with Gasteiger partial charge in [-0.25, -0.2) is 4.79 Å². The molecule has 3 aromatic rings. The normalized spacial score (nSPS) is 11.7. The van der Waals surface area contributed by atoms with Crippen molar-refractivity contribution >= 4 is 81.2 Å². The van der Waals surface area contributed by atoms with Crippen LogP contribution in [0.15, 0.2) is 54.6 Å². The monoisotopic (exact) mass is 779 g/mol. The summed E-state index contributed by atoms with van der Waals surface area (Å²) in [6, 6.07) is 18.7. The molecule has 236 valence electrons. The van der Waals surface area contributed by atoms with E-state index >= 15 is 0 Å². The highest BCUT2D eigenvalue weighted by Crippen LogP contribution is 2.40. The lowest BCUT2D eigenvalue weighted by Gasteiger charge is -2.34. The quantitative estimate of drug-likeness (QED) is 0.0627. The van der Waals surface area contributed by atoms with E-state index in [0.29, 0.717) is 30.6 Å². The Morgan fingerprint density at radius 2 is 1.19 bits per heavy atom. The van der Waals surface area contributed by atoms with E-state index in [2.05, 4.69) is 83.4 Å². The Hall–Kier alpha value is -1.44. The van der Waals surface area contributed by atoms with E-state index in [1.165, 1.54) is 38.5 Å². The van der Waals surface area contributed by atoms with Gasteiger partial charge in [0.25, 0.3) is 0 Å². The molecule has 0 saturated carbocycles. The van der Waals surface area contributed by atoms with Gasteiger partial charge in [0.05, 0.1) is 0 Å². The minimum atomic E-state index is -0.373. The Morgan fingerprint density at radius 3 is 1.77 bits per heavy atom. The summed E-state index contributed by atoms with van der Waals surface area (Å²) in [6.45, 7) is 0.847. The van der Waals surface area contributed by atoms with Crippen molar-refractivity contribution in [2.75, 3.05) is 22.5 Å². The maximum atomic E-state index is 12.7. The lowest BCUT2D eigenvalue weighted by molar-refractivity contribution is -0.119. The van der Waals surface area contributed by atoms with Crippen LogP contribution in [-0.2, 0) is 16.1 Å². The van der Waals surface area contributed by atoms with Gasteiger partial charge in [0.1, 0.15) is 12.4 Å². The van der Waals surface area contributed by atoms with Gasteiger partial charge in [-0.15, -0.1) is 0 Å². The number of carbonyl (C=O) groups excluding carboxylic acids is 2. The minimum Gasteiger partial charge on any atom is -0.445 e. The zero-order valence-corrected chi connectivity index (χ0v) is 30.2. The number of ether oxygens (including phenoxy) is 1. The lowest BCUT2D eigenvalue weighted by Crippen LogP contribution is -2.25. The molecule has 0 unspecified atom stereocenters. The highest BCUT2D eigenvalue weighted by atomic mass is 79.9. The third kappa shape index (κ3) is 12.5. The van der Waals surface area contributed by atoms with Crippen LogP contribution in [0.4, 0.5) is 4.79 Å². The summed E-state index contributed by atoms with van der Waals surface area (Å²) in [5.41, 5.74) is 1.34. The number of nitrogens with one attached hydrogen (secondary N) is 1. The topological polar surface area (TPSA) is 55.4 Å². The number of ketones is 1. The second-order valence-corrected chi connectivity index (χ2v) is 14.1. The molecule has 3 aromatic carbocycles. The molecule has 4 nitrogen and oxygen atoms in total. The van der Waals surface area contributed by atoms with Crippen molar-refractivity contribution in [1.29, 1.82) is 0 Å². The summed E-state index contributed by atoms with van der Waals surface area (Å²) in [4.78, 5) is 25.2. The summed E-state index contributed by atoms with van der Waals surface area (Å²) in [5.74, 6) is 0.421. The molecule has 7 heteroatoms. The van der Waals surface area contributed by atoms with E-state index < -0.39 is 0 Å². The third-order valence-corrected chi connectivity index (χ3v) is 10.3. The van der Waals surface area contributed by atoms with Crippen LogP contribution in [0.5, 0.6) is 0 Å². The van der Waals surface area contributed by atoms with Crippen molar-refractivity contribution in [1.82, 2.24) is 5.32 Å². The van der Waals surface area contributed by atoms with Gasteiger partial charge >= 0.3 is 6.09 Å². The van der Waals surface area contributed by atoms with Gasteiger partial charge in [-0.1, -0.05) is 116 Å². The molecule has 1 N–H and O–H groups in total. The summed E-state index contributed by atoms with van der Waals surface area (Å²) in [5, 5.41) is 10.5. The van der Waals surface area contributed by atoms with Crippen molar-refractivity contribution in [3.8, 4) is 0 Å². The number of halogens is 3. The van der Waals surface area contributed by atoms with Crippen molar-refractivity contribution in [2.24, 2.45) is 5.41 Å². The Kier molecular flexibility index (Phi) is 17.2. The summed E-state index contributed by atoms with van der Waals surface area (Å²) >= 11 is 10.8. The maximum absolute atomic E-state index is 12.7. The summed E-state index contributed by atoms with van der Waals surface area (Å²) in [7, 11) is 0. The van der Waals surface area contributed by atoms with Crippen LogP contribution in [0.3, 0.4) is 0 Å². The first kappa shape index (κ1) is 36.0. The van der Waals surface area contributed by atoms with Gasteiger partial charge in [0.15, 0.2) is 0 Å².